The summed E-state index contributed by atoms with van der Waals surface area (Å²) in [4.78, 5) is 6.71. The molecule has 0 amide bonds. The third-order valence-corrected chi connectivity index (χ3v) is 5.19. The predicted molar refractivity (Wildman–Crippen MR) is 88.2 cm³/mol. The van der Waals surface area contributed by atoms with Gasteiger partial charge in [0.1, 0.15) is 5.82 Å². The molecule has 0 radical (unpaired) electrons. The van der Waals surface area contributed by atoms with Crippen molar-refractivity contribution in [2.45, 2.75) is 38.3 Å². The van der Waals surface area contributed by atoms with Crippen molar-refractivity contribution in [2.24, 2.45) is 0 Å². The number of nitrogens with one attached hydrogen (secondary N) is 1. The second-order valence-corrected chi connectivity index (χ2v) is 6.84. The van der Waals surface area contributed by atoms with Crippen molar-refractivity contribution in [2.75, 3.05) is 31.6 Å². The number of thioether (sulfide) groups is 1. The summed E-state index contributed by atoms with van der Waals surface area (Å²) < 4.78 is 13.0. The first-order valence-corrected chi connectivity index (χ1v) is 8.99. The van der Waals surface area contributed by atoms with Crippen LogP contribution in [0.15, 0.2) is 18.3 Å². The molecule has 2 heterocycles. The largest absolute Gasteiger partial charge is 0.309 e. The first-order chi connectivity index (χ1) is 10.2. The van der Waals surface area contributed by atoms with Gasteiger partial charge in [0.2, 0.25) is 0 Å². The minimum atomic E-state index is -0.270. The van der Waals surface area contributed by atoms with E-state index in [2.05, 4.69) is 29.2 Å². The molecule has 1 fully saturated rings. The van der Waals surface area contributed by atoms with Crippen LogP contribution in [-0.4, -0.2) is 47.6 Å². The molecule has 0 aliphatic carbocycles. The molecule has 3 nitrogen and oxygen atoms in total. The van der Waals surface area contributed by atoms with Gasteiger partial charge in [-0.3, -0.25) is 4.98 Å². The number of hydrogen-bond donors (Lipinski definition) is 1. The lowest BCUT2D eigenvalue weighted by Crippen LogP contribution is -2.35. The van der Waals surface area contributed by atoms with E-state index in [0.29, 0.717) is 6.04 Å². The van der Waals surface area contributed by atoms with Crippen LogP contribution in [0.4, 0.5) is 4.39 Å². The van der Waals surface area contributed by atoms with Gasteiger partial charge < -0.3 is 10.2 Å². The van der Waals surface area contributed by atoms with E-state index in [1.165, 1.54) is 30.2 Å². The molecule has 1 aliphatic heterocycles. The Hall–Kier alpha value is -0.650. The van der Waals surface area contributed by atoms with E-state index >= 15 is 0 Å². The van der Waals surface area contributed by atoms with Crippen molar-refractivity contribution in [3.8, 4) is 0 Å². The van der Waals surface area contributed by atoms with E-state index < -0.39 is 0 Å². The molecule has 0 aromatic carbocycles. The van der Waals surface area contributed by atoms with E-state index in [4.69, 9.17) is 0 Å². The summed E-state index contributed by atoms with van der Waals surface area (Å²) >= 11 is 2.05. The Balaban J connectivity index is 1.90. The van der Waals surface area contributed by atoms with E-state index in [0.717, 1.165) is 31.6 Å². The molecule has 0 saturated carbocycles. The van der Waals surface area contributed by atoms with Crippen molar-refractivity contribution in [3.63, 3.8) is 0 Å². The zero-order valence-corrected chi connectivity index (χ0v) is 13.8. The standard InChI is InChI=1S/C16H26FN3S/c1-3-8-18-16(15-5-4-13(17)11-19-15)6-9-20(2)14-7-10-21-12-14/h4-5,11,14,16,18H,3,6-10,12H2,1-2H3. The van der Waals surface area contributed by atoms with Crippen molar-refractivity contribution in [1.82, 2.24) is 15.2 Å². The van der Waals surface area contributed by atoms with Gasteiger partial charge in [-0.2, -0.15) is 11.8 Å². The van der Waals surface area contributed by atoms with Crippen LogP contribution < -0.4 is 5.32 Å². The summed E-state index contributed by atoms with van der Waals surface area (Å²) in [6.07, 6.45) is 4.71. The van der Waals surface area contributed by atoms with Crippen LogP contribution >= 0.6 is 11.8 Å². The smallest absolute Gasteiger partial charge is 0.141 e. The molecule has 5 heteroatoms. The number of pyridine rings is 1. The quantitative estimate of drug-likeness (QED) is 0.798. The van der Waals surface area contributed by atoms with Crippen LogP contribution in [0, 0.1) is 5.82 Å². The highest BCUT2D eigenvalue weighted by Gasteiger charge is 2.21. The molecule has 2 rings (SSSR count). The first kappa shape index (κ1) is 16.7. The van der Waals surface area contributed by atoms with Gasteiger partial charge in [-0.25, -0.2) is 4.39 Å². The zero-order chi connectivity index (χ0) is 15.1. The molecule has 1 N–H and O–H groups in total. The van der Waals surface area contributed by atoms with Crippen LogP contribution in [-0.2, 0) is 0 Å². The lowest BCUT2D eigenvalue weighted by Gasteiger charge is -2.26. The fourth-order valence-corrected chi connectivity index (χ4v) is 3.95. The highest BCUT2D eigenvalue weighted by Crippen LogP contribution is 2.23. The van der Waals surface area contributed by atoms with E-state index in [1.807, 2.05) is 11.8 Å². The Labute approximate surface area is 131 Å². The predicted octanol–water partition coefficient (Wildman–Crippen LogP) is 3.09. The second-order valence-electron chi connectivity index (χ2n) is 5.69. The molecule has 2 unspecified atom stereocenters. The fourth-order valence-electron chi connectivity index (χ4n) is 2.65. The maximum Gasteiger partial charge on any atom is 0.141 e. The Kier molecular flexibility index (Phi) is 6.93. The van der Waals surface area contributed by atoms with Crippen molar-refractivity contribution < 1.29 is 4.39 Å². The van der Waals surface area contributed by atoms with Gasteiger partial charge in [0, 0.05) is 18.3 Å². The summed E-state index contributed by atoms with van der Waals surface area (Å²) in [5, 5.41) is 3.53. The molecular weight excluding hydrogens is 285 g/mol. The monoisotopic (exact) mass is 311 g/mol. The van der Waals surface area contributed by atoms with Crippen LogP contribution in [0.2, 0.25) is 0 Å². The van der Waals surface area contributed by atoms with Crippen molar-refractivity contribution in [1.29, 1.82) is 0 Å². The molecule has 1 aromatic rings. The van der Waals surface area contributed by atoms with Gasteiger partial charge in [-0.1, -0.05) is 6.92 Å². The number of rotatable bonds is 8. The summed E-state index contributed by atoms with van der Waals surface area (Å²) in [5.74, 6) is 2.26. The van der Waals surface area contributed by atoms with Crippen molar-refractivity contribution in [3.05, 3.63) is 29.8 Å². The number of nitrogens with zero attached hydrogens (tertiary/aromatic N) is 2. The van der Waals surface area contributed by atoms with E-state index in [9.17, 15) is 4.39 Å². The molecule has 2 atom stereocenters. The minimum absolute atomic E-state index is 0.210. The Morgan fingerprint density at radius 1 is 1.52 bits per heavy atom. The SMILES string of the molecule is CCCNC(CCN(C)C1CCSC1)c1ccc(F)cn1. The van der Waals surface area contributed by atoms with Crippen LogP contribution in [0.25, 0.3) is 0 Å². The normalized spacial score (nSPS) is 20.1. The molecule has 118 valence electrons. The molecule has 1 aromatic heterocycles. The third kappa shape index (κ3) is 5.24. The molecule has 0 spiro atoms. The van der Waals surface area contributed by atoms with Crippen molar-refractivity contribution >= 4 is 11.8 Å². The van der Waals surface area contributed by atoms with Crippen LogP contribution in [0.3, 0.4) is 0 Å². The maximum absolute atomic E-state index is 13.0. The maximum atomic E-state index is 13.0. The molecule has 0 bridgehead atoms. The summed E-state index contributed by atoms with van der Waals surface area (Å²) in [5.41, 5.74) is 0.944. The molecular formula is C16H26FN3S. The highest BCUT2D eigenvalue weighted by molar-refractivity contribution is 7.99. The first-order valence-electron chi connectivity index (χ1n) is 7.83. The molecule has 1 saturated heterocycles. The summed E-state index contributed by atoms with van der Waals surface area (Å²) in [6.45, 7) is 4.17. The number of hydrogen-bond acceptors (Lipinski definition) is 4. The summed E-state index contributed by atoms with van der Waals surface area (Å²) in [6, 6.07) is 4.22. The third-order valence-electron chi connectivity index (χ3n) is 4.05. The van der Waals surface area contributed by atoms with Gasteiger partial charge in [0.15, 0.2) is 0 Å². The van der Waals surface area contributed by atoms with E-state index in [1.54, 1.807) is 6.07 Å². The summed E-state index contributed by atoms with van der Waals surface area (Å²) in [7, 11) is 2.21. The average Bonchev–Trinajstić information content (AvgIpc) is 3.03. The number of halogens is 1. The highest BCUT2D eigenvalue weighted by atomic mass is 32.2. The zero-order valence-electron chi connectivity index (χ0n) is 13.0. The Bertz CT molecular complexity index is 406. The van der Waals surface area contributed by atoms with Gasteiger partial charge in [0.05, 0.1) is 17.9 Å². The van der Waals surface area contributed by atoms with Gasteiger partial charge in [-0.15, -0.1) is 0 Å². The Morgan fingerprint density at radius 2 is 2.38 bits per heavy atom. The Morgan fingerprint density at radius 3 is 3.00 bits per heavy atom. The van der Waals surface area contributed by atoms with Gasteiger partial charge in [0.25, 0.3) is 0 Å². The van der Waals surface area contributed by atoms with E-state index in [-0.39, 0.29) is 11.9 Å². The topological polar surface area (TPSA) is 28.2 Å². The van der Waals surface area contributed by atoms with Crippen LogP contribution in [0.5, 0.6) is 0 Å². The van der Waals surface area contributed by atoms with Gasteiger partial charge in [-0.05, 0) is 50.7 Å². The fraction of sp³-hybridized carbons (Fsp3) is 0.688. The van der Waals surface area contributed by atoms with Gasteiger partial charge >= 0.3 is 0 Å². The second kappa shape index (κ2) is 8.71. The lowest BCUT2D eigenvalue weighted by molar-refractivity contribution is 0.246. The van der Waals surface area contributed by atoms with Crippen LogP contribution in [0.1, 0.15) is 37.9 Å². The lowest BCUT2D eigenvalue weighted by atomic mass is 10.1. The number of aromatic nitrogens is 1. The average molecular weight is 311 g/mol. The molecule has 21 heavy (non-hydrogen) atoms. The minimum Gasteiger partial charge on any atom is -0.309 e. The molecule has 1 aliphatic rings.